The molecule has 0 amide bonds. The van der Waals surface area contributed by atoms with E-state index in [1.165, 1.54) is 19.3 Å². The predicted molar refractivity (Wildman–Crippen MR) is 53.2 cm³/mol. The molecule has 0 aromatic heterocycles. The molecule has 0 saturated heterocycles. The van der Waals surface area contributed by atoms with Gasteiger partial charge in [0.1, 0.15) is 0 Å². The van der Waals surface area contributed by atoms with Crippen molar-refractivity contribution in [2.75, 3.05) is 6.54 Å². The molecule has 0 radical (unpaired) electrons. The molecule has 2 aliphatic rings. The smallest absolute Gasteiger partial charge is 0.0690 e. The zero-order chi connectivity index (χ0) is 9.47. The van der Waals surface area contributed by atoms with E-state index in [9.17, 15) is 5.11 Å². The van der Waals surface area contributed by atoms with Crippen molar-refractivity contribution in [1.29, 1.82) is 0 Å². The summed E-state index contributed by atoms with van der Waals surface area (Å²) in [4.78, 5) is 0. The van der Waals surface area contributed by atoms with Crippen LogP contribution in [0.15, 0.2) is 0 Å². The van der Waals surface area contributed by atoms with Crippen LogP contribution in [-0.4, -0.2) is 17.3 Å². The Hall–Kier alpha value is -0.0800. The molecule has 0 heterocycles. The maximum Gasteiger partial charge on any atom is 0.0690 e. The van der Waals surface area contributed by atoms with Gasteiger partial charge in [0, 0.05) is 0 Å². The van der Waals surface area contributed by atoms with E-state index < -0.39 is 5.60 Å². The highest BCUT2D eigenvalue weighted by molar-refractivity contribution is 4.97. The zero-order valence-electron chi connectivity index (χ0n) is 8.50. The fourth-order valence-corrected chi connectivity index (χ4v) is 3.25. The van der Waals surface area contributed by atoms with Crippen molar-refractivity contribution in [2.24, 2.45) is 23.5 Å². The maximum absolute atomic E-state index is 10.4. The molecule has 2 heteroatoms. The first-order valence-electron chi connectivity index (χ1n) is 5.56. The Bertz CT molecular complexity index is 181. The summed E-state index contributed by atoms with van der Waals surface area (Å²) in [5.74, 6) is 1.85. The molecule has 2 bridgehead atoms. The molecule has 3 N–H and O–H groups in total. The Kier molecular flexibility index (Phi) is 2.37. The molecule has 0 aromatic carbocycles. The minimum Gasteiger partial charge on any atom is -0.390 e. The number of nitrogens with two attached hydrogens (primary N) is 1. The van der Waals surface area contributed by atoms with Crippen LogP contribution in [0, 0.1) is 17.8 Å². The summed E-state index contributed by atoms with van der Waals surface area (Å²) in [5.41, 5.74) is 5.21. The summed E-state index contributed by atoms with van der Waals surface area (Å²) in [6.07, 6.45) is 6.04. The average Bonchev–Trinajstić information content (AvgIpc) is 2.44. The van der Waals surface area contributed by atoms with Gasteiger partial charge >= 0.3 is 0 Å². The van der Waals surface area contributed by atoms with Crippen molar-refractivity contribution < 1.29 is 5.11 Å². The van der Waals surface area contributed by atoms with Gasteiger partial charge in [-0.25, -0.2) is 0 Å². The first-order valence-corrected chi connectivity index (χ1v) is 5.56. The second kappa shape index (κ2) is 3.25. The first kappa shape index (κ1) is 9.47. The van der Waals surface area contributed by atoms with E-state index in [0.29, 0.717) is 6.54 Å². The molecule has 2 saturated carbocycles. The average molecular weight is 183 g/mol. The van der Waals surface area contributed by atoms with Crippen molar-refractivity contribution in [3.63, 3.8) is 0 Å². The number of fused-ring (bicyclic) bond motifs is 2. The van der Waals surface area contributed by atoms with Gasteiger partial charge in [0.05, 0.1) is 5.60 Å². The molecular formula is C11H21NO. The van der Waals surface area contributed by atoms with Crippen LogP contribution in [0.4, 0.5) is 0 Å². The highest BCUT2D eigenvalue weighted by Crippen LogP contribution is 2.48. The van der Waals surface area contributed by atoms with Crippen molar-refractivity contribution in [3.05, 3.63) is 0 Å². The second-order valence-electron chi connectivity index (χ2n) is 5.19. The van der Waals surface area contributed by atoms with E-state index in [1.54, 1.807) is 0 Å². The first-order chi connectivity index (χ1) is 6.14. The molecule has 13 heavy (non-hydrogen) atoms. The van der Waals surface area contributed by atoms with Crippen LogP contribution in [-0.2, 0) is 0 Å². The maximum atomic E-state index is 10.4. The van der Waals surface area contributed by atoms with Crippen LogP contribution in [0.1, 0.15) is 39.0 Å². The molecule has 4 atom stereocenters. The van der Waals surface area contributed by atoms with Crippen LogP contribution < -0.4 is 5.73 Å². The van der Waals surface area contributed by atoms with Gasteiger partial charge in [-0.3, -0.25) is 0 Å². The Labute approximate surface area is 80.5 Å². The third-order valence-electron chi connectivity index (χ3n) is 4.20. The van der Waals surface area contributed by atoms with Crippen molar-refractivity contribution >= 4 is 0 Å². The van der Waals surface area contributed by atoms with Crippen molar-refractivity contribution in [3.8, 4) is 0 Å². The quantitative estimate of drug-likeness (QED) is 0.682. The molecule has 76 valence electrons. The fraction of sp³-hybridized carbons (Fsp3) is 1.00. The number of aliphatic hydroxyl groups is 1. The lowest BCUT2D eigenvalue weighted by Crippen LogP contribution is -2.44. The molecular weight excluding hydrogens is 162 g/mol. The SMILES string of the molecule is CC(CN)C1(O)C[C@@H]2CC[C@@H](C2)C1. The fourth-order valence-electron chi connectivity index (χ4n) is 3.25. The Morgan fingerprint density at radius 1 is 1.38 bits per heavy atom. The molecule has 2 rings (SSSR count). The Morgan fingerprint density at radius 2 is 1.92 bits per heavy atom. The lowest BCUT2D eigenvalue weighted by atomic mass is 9.71. The lowest BCUT2D eigenvalue weighted by Gasteiger charge is -2.40. The van der Waals surface area contributed by atoms with Crippen LogP contribution in [0.25, 0.3) is 0 Å². The van der Waals surface area contributed by atoms with Gasteiger partial charge < -0.3 is 10.8 Å². The van der Waals surface area contributed by atoms with Gasteiger partial charge in [0.2, 0.25) is 0 Å². The van der Waals surface area contributed by atoms with E-state index in [4.69, 9.17) is 5.73 Å². The molecule has 2 nitrogen and oxygen atoms in total. The van der Waals surface area contributed by atoms with Crippen molar-refractivity contribution in [2.45, 2.75) is 44.6 Å². The summed E-state index contributed by atoms with van der Waals surface area (Å²) in [6, 6.07) is 0. The summed E-state index contributed by atoms with van der Waals surface area (Å²) >= 11 is 0. The topological polar surface area (TPSA) is 46.2 Å². The lowest BCUT2D eigenvalue weighted by molar-refractivity contribution is -0.0605. The standard InChI is InChI=1S/C11H21NO/c1-8(7-12)11(13)5-9-2-3-10(4-9)6-11/h8-10,13H,2-7,12H2,1H3/t8?,9-,10+,11?. The summed E-state index contributed by atoms with van der Waals surface area (Å²) in [6.45, 7) is 2.71. The van der Waals surface area contributed by atoms with Gasteiger partial charge in [0.15, 0.2) is 0 Å². The Balaban J connectivity index is 2.07. The molecule has 2 aliphatic carbocycles. The predicted octanol–water partition coefficient (Wildman–Crippen LogP) is 1.52. The van der Waals surface area contributed by atoms with Crippen LogP contribution in [0.5, 0.6) is 0 Å². The van der Waals surface area contributed by atoms with E-state index in [-0.39, 0.29) is 5.92 Å². The molecule has 0 aromatic rings. The largest absolute Gasteiger partial charge is 0.390 e. The van der Waals surface area contributed by atoms with Crippen LogP contribution in [0.3, 0.4) is 0 Å². The molecule has 0 spiro atoms. The highest BCUT2D eigenvalue weighted by atomic mass is 16.3. The normalized spacial score (nSPS) is 46.4. The summed E-state index contributed by atoms with van der Waals surface area (Å²) in [7, 11) is 0. The number of hydrogen-bond acceptors (Lipinski definition) is 2. The van der Waals surface area contributed by atoms with E-state index in [2.05, 4.69) is 6.92 Å². The minimum atomic E-state index is -0.432. The van der Waals surface area contributed by atoms with E-state index in [0.717, 1.165) is 24.7 Å². The summed E-state index contributed by atoms with van der Waals surface area (Å²) in [5, 5.41) is 10.4. The Morgan fingerprint density at radius 3 is 2.38 bits per heavy atom. The zero-order valence-corrected chi connectivity index (χ0v) is 8.50. The number of rotatable bonds is 2. The summed E-state index contributed by atoms with van der Waals surface area (Å²) < 4.78 is 0. The molecule has 2 fully saturated rings. The van der Waals surface area contributed by atoms with Gasteiger partial charge in [-0.2, -0.15) is 0 Å². The minimum absolute atomic E-state index is 0.274. The third-order valence-corrected chi connectivity index (χ3v) is 4.20. The van der Waals surface area contributed by atoms with Gasteiger partial charge in [-0.1, -0.05) is 19.8 Å². The van der Waals surface area contributed by atoms with Gasteiger partial charge in [-0.15, -0.1) is 0 Å². The third kappa shape index (κ3) is 1.62. The van der Waals surface area contributed by atoms with Crippen LogP contribution in [0.2, 0.25) is 0 Å². The molecule has 2 unspecified atom stereocenters. The van der Waals surface area contributed by atoms with E-state index >= 15 is 0 Å². The van der Waals surface area contributed by atoms with Crippen molar-refractivity contribution in [1.82, 2.24) is 0 Å². The highest BCUT2D eigenvalue weighted by Gasteiger charge is 2.44. The van der Waals surface area contributed by atoms with Crippen LogP contribution >= 0.6 is 0 Å². The van der Waals surface area contributed by atoms with E-state index in [1.807, 2.05) is 0 Å². The monoisotopic (exact) mass is 183 g/mol. The molecule has 0 aliphatic heterocycles. The van der Waals surface area contributed by atoms with Gasteiger partial charge in [0.25, 0.3) is 0 Å². The number of hydrogen-bond donors (Lipinski definition) is 2. The van der Waals surface area contributed by atoms with Gasteiger partial charge in [-0.05, 0) is 43.6 Å². The second-order valence-corrected chi connectivity index (χ2v) is 5.19.